The summed E-state index contributed by atoms with van der Waals surface area (Å²) in [5.74, 6) is -0.467. The third kappa shape index (κ3) is 3.05. The maximum absolute atomic E-state index is 13.2. The van der Waals surface area contributed by atoms with Crippen molar-refractivity contribution < 1.29 is 9.18 Å². The van der Waals surface area contributed by atoms with Crippen molar-refractivity contribution in [1.82, 2.24) is 4.90 Å². The molecule has 4 heteroatoms. The molecule has 1 fully saturated rings. The molecule has 0 bridgehead atoms. The van der Waals surface area contributed by atoms with Crippen molar-refractivity contribution in [2.24, 2.45) is 0 Å². The van der Waals surface area contributed by atoms with Gasteiger partial charge in [0.25, 0.3) is 5.91 Å². The zero-order valence-electron chi connectivity index (χ0n) is 11.7. The molecule has 0 saturated carbocycles. The van der Waals surface area contributed by atoms with E-state index in [1.165, 1.54) is 17.8 Å². The monoisotopic (exact) mass is 284 g/mol. The molecule has 1 aliphatic heterocycles. The third-order valence-electron chi connectivity index (χ3n) is 3.76. The summed E-state index contributed by atoms with van der Waals surface area (Å²) in [5, 5.41) is 0. The van der Waals surface area contributed by atoms with E-state index in [-0.39, 0.29) is 11.7 Å². The first-order chi connectivity index (χ1) is 10.2. The quantitative estimate of drug-likeness (QED) is 0.846. The number of nitrogens with zero attached hydrogens (tertiary/aromatic N) is 2. The van der Waals surface area contributed by atoms with Crippen LogP contribution >= 0.6 is 0 Å². The normalized spacial score (nSPS) is 15.1. The number of para-hydroxylation sites is 1. The topological polar surface area (TPSA) is 23.6 Å². The molecule has 0 atom stereocenters. The number of anilines is 1. The van der Waals surface area contributed by atoms with Crippen molar-refractivity contribution >= 4 is 11.6 Å². The summed E-state index contributed by atoms with van der Waals surface area (Å²) in [6.45, 7) is 2.91. The molecule has 2 aromatic rings. The number of halogens is 1. The summed E-state index contributed by atoms with van der Waals surface area (Å²) in [6, 6.07) is 16.0. The molecule has 0 spiro atoms. The first-order valence-electron chi connectivity index (χ1n) is 7.09. The average Bonchev–Trinajstić information content (AvgIpc) is 2.55. The van der Waals surface area contributed by atoms with E-state index in [2.05, 4.69) is 17.0 Å². The second kappa shape index (κ2) is 5.95. The molecule has 0 N–H and O–H groups in total. The van der Waals surface area contributed by atoms with Crippen LogP contribution in [0.5, 0.6) is 0 Å². The predicted octanol–water partition coefficient (Wildman–Crippen LogP) is 2.79. The van der Waals surface area contributed by atoms with E-state index in [0.717, 1.165) is 13.1 Å². The van der Waals surface area contributed by atoms with Gasteiger partial charge in [-0.2, -0.15) is 0 Å². The molecule has 108 valence electrons. The molecule has 0 radical (unpaired) electrons. The van der Waals surface area contributed by atoms with Crippen LogP contribution in [0.3, 0.4) is 0 Å². The fourth-order valence-electron chi connectivity index (χ4n) is 2.61. The van der Waals surface area contributed by atoms with Crippen molar-refractivity contribution in [3.8, 4) is 0 Å². The van der Waals surface area contributed by atoms with Crippen molar-refractivity contribution in [3.63, 3.8) is 0 Å². The fourth-order valence-corrected chi connectivity index (χ4v) is 2.61. The minimum Gasteiger partial charge on any atom is -0.368 e. The second-order valence-electron chi connectivity index (χ2n) is 5.13. The molecular weight excluding hydrogens is 267 g/mol. The average molecular weight is 284 g/mol. The van der Waals surface area contributed by atoms with E-state index in [0.29, 0.717) is 18.7 Å². The third-order valence-corrected chi connectivity index (χ3v) is 3.76. The molecule has 1 heterocycles. The highest BCUT2D eigenvalue weighted by Crippen LogP contribution is 2.17. The Bertz CT molecular complexity index is 622. The van der Waals surface area contributed by atoms with Crippen LogP contribution in [0, 0.1) is 5.82 Å². The zero-order valence-corrected chi connectivity index (χ0v) is 11.7. The summed E-state index contributed by atoms with van der Waals surface area (Å²) < 4.78 is 13.2. The maximum atomic E-state index is 13.2. The van der Waals surface area contributed by atoms with Gasteiger partial charge in [0.15, 0.2) is 0 Å². The minimum atomic E-state index is -0.372. The van der Waals surface area contributed by atoms with Gasteiger partial charge in [-0.1, -0.05) is 24.3 Å². The highest BCUT2D eigenvalue weighted by atomic mass is 19.1. The molecule has 1 amide bonds. The van der Waals surface area contributed by atoms with E-state index >= 15 is 0 Å². The van der Waals surface area contributed by atoms with Gasteiger partial charge in [-0.3, -0.25) is 4.79 Å². The lowest BCUT2D eigenvalue weighted by Crippen LogP contribution is -2.48. The molecule has 3 rings (SSSR count). The van der Waals surface area contributed by atoms with Gasteiger partial charge in [-0.15, -0.1) is 0 Å². The van der Waals surface area contributed by atoms with E-state index < -0.39 is 0 Å². The Morgan fingerprint density at radius 3 is 2.29 bits per heavy atom. The van der Waals surface area contributed by atoms with Crippen LogP contribution in [0.1, 0.15) is 10.4 Å². The number of carbonyl (C=O) groups excluding carboxylic acids is 1. The number of hydrogen-bond acceptors (Lipinski definition) is 2. The van der Waals surface area contributed by atoms with E-state index in [4.69, 9.17) is 0 Å². The number of rotatable bonds is 2. The first-order valence-corrected chi connectivity index (χ1v) is 7.09. The van der Waals surface area contributed by atoms with Gasteiger partial charge in [-0.05, 0) is 30.3 Å². The highest BCUT2D eigenvalue weighted by Gasteiger charge is 2.22. The van der Waals surface area contributed by atoms with Gasteiger partial charge in [0, 0.05) is 37.4 Å². The molecule has 2 aromatic carbocycles. The highest BCUT2D eigenvalue weighted by molar-refractivity contribution is 5.94. The van der Waals surface area contributed by atoms with Crippen molar-refractivity contribution in [2.75, 3.05) is 31.1 Å². The Morgan fingerprint density at radius 2 is 1.62 bits per heavy atom. The molecule has 21 heavy (non-hydrogen) atoms. The molecule has 3 nitrogen and oxygen atoms in total. The van der Waals surface area contributed by atoms with Gasteiger partial charge in [0.2, 0.25) is 0 Å². The Labute approximate surface area is 123 Å². The molecule has 1 aliphatic rings. The lowest BCUT2D eigenvalue weighted by Gasteiger charge is -2.36. The zero-order chi connectivity index (χ0) is 14.7. The summed E-state index contributed by atoms with van der Waals surface area (Å²) >= 11 is 0. The van der Waals surface area contributed by atoms with Crippen molar-refractivity contribution in [1.29, 1.82) is 0 Å². The van der Waals surface area contributed by atoms with Crippen LogP contribution in [0.15, 0.2) is 54.6 Å². The standard InChI is InChI=1S/C17H17FN2O/c18-15-6-4-5-14(13-15)17(21)20-11-9-19(10-12-20)16-7-2-1-3-8-16/h1-8,13H,9-12H2. The molecule has 1 saturated heterocycles. The maximum Gasteiger partial charge on any atom is 0.254 e. The number of amides is 1. The largest absolute Gasteiger partial charge is 0.368 e. The Hall–Kier alpha value is -2.36. The predicted molar refractivity (Wildman–Crippen MR) is 81.0 cm³/mol. The van der Waals surface area contributed by atoms with Crippen LogP contribution in [0.4, 0.5) is 10.1 Å². The SMILES string of the molecule is O=C(c1cccc(F)c1)N1CCN(c2ccccc2)CC1. The minimum absolute atomic E-state index is 0.0952. The van der Waals surface area contributed by atoms with Gasteiger partial charge >= 0.3 is 0 Å². The smallest absolute Gasteiger partial charge is 0.254 e. The molecule has 0 aromatic heterocycles. The number of benzene rings is 2. The summed E-state index contributed by atoms with van der Waals surface area (Å²) in [4.78, 5) is 16.4. The number of piperazine rings is 1. The van der Waals surface area contributed by atoms with Gasteiger partial charge in [0.05, 0.1) is 0 Å². The van der Waals surface area contributed by atoms with Crippen LogP contribution in [-0.4, -0.2) is 37.0 Å². The van der Waals surface area contributed by atoms with Crippen molar-refractivity contribution in [2.45, 2.75) is 0 Å². The lowest BCUT2D eigenvalue weighted by molar-refractivity contribution is 0.0746. The van der Waals surface area contributed by atoms with Crippen molar-refractivity contribution in [3.05, 3.63) is 66.0 Å². The van der Waals surface area contributed by atoms with Gasteiger partial charge in [0.1, 0.15) is 5.82 Å². The van der Waals surface area contributed by atoms with E-state index in [1.807, 2.05) is 18.2 Å². The Balaban J connectivity index is 1.64. The van der Waals surface area contributed by atoms with Crippen LogP contribution in [0.2, 0.25) is 0 Å². The summed E-state index contributed by atoms with van der Waals surface area (Å²) in [5.41, 5.74) is 1.60. The second-order valence-corrected chi connectivity index (χ2v) is 5.13. The number of carbonyl (C=O) groups is 1. The molecule has 0 aliphatic carbocycles. The van der Waals surface area contributed by atoms with Crippen LogP contribution in [-0.2, 0) is 0 Å². The fraction of sp³-hybridized carbons (Fsp3) is 0.235. The Kier molecular flexibility index (Phi) is 3.86. The van der Waals surface area contributed by atoms with E-state index in [9.17, 15) is 9.18 Å². The molecule has 0 unspecified atom stereocenters. The van der Waals surface area contributed by atoms with Gasteiger partial charge < -0.3 is 9.80 Å². The first kappa shape index (κ1) is 13.6. The lowest BCUT2D eigenvalue weighted by atomic mass is 10.1. The van der Waals surface area contributed by atoms with Crippen LogP contribution < -0.4 is 4.90 Å². The molecular formula is C17H17FN2O. The van der Waals surface area contributed by atoms with Crippen LogP contribution in [0.25, 0.3) is 0 Å². The summed E-state index contributed by atoms with van der Waals surface area (Å²) in [6.07, 6.45) is 0. The summed E-state index contributed by atoms with van der Waals surface area (Å²) in [7, 11) is 0. The van der Waals surface area contributed by atoms with Gasteiger partial charge in [-0.25, -0.2) is 4.39 Å². The number of hydrogen-bond donors (Lipinski definition) is 0. The van der Waals surface area contributed by atoms with E-state index in [1.54, 1.807) is 17.0 Å². The Morgan fingerprint density at radius 1 is 0.905 bits per heavy atom.